The molecular formula is C12H17Br2N. The van der Waals surface area contributed by atoms with Crippen molar-refractivity contribution in [3.05, 3.63) is 32.2 Å². The standard InChI is InChI=1S/C12H17Br2N/c1-3-4-5-15-8-10-7-12(14)11(13)6-9(10)2/h6-7,15H,3-5,8H2,1-2H3. The summed E-state index contributed by atoms with van der Waals surface area (Å²) in [7, 11) is 0. The second-order valence-corrected chi connectivity index (χ2v) is 5.43. The third-order valence-corrected chi connectivity index (χ3v) is 4.25. The van der Waals surface area contributed by atoms with Gasteiger partial charge in [-0.3, -0.25) is 0 Å². The van der Waals surface area contributed by atoms with E-state index in [1.807, 2.05) is 0 Å². The molecule has 0 saturated heterocycles. The van der Waals surface area contributed by atoms with Crippen LogP contribution in [0.5, 0.6) is 0 Å². The number of hydrogen-bond acceptors (Lipinski definition) is 1. The molecule has 0 bridgehead atoms. The first kappa shape index (κ1) is 13.2. The second-order valence-electron chi connectivity index (χ2n) is 3.72. The van der Waals surface area contributed by atoms with E-state index in [9.17, 15) is 0 Å². The number of aryl methyl sites for hydroxylation is 1. The molecule has 0 fully saturated rings. The van der Waals surface area contributed by atoms with Gasteiger partial charge in [-0.2, -0.15) is 0 Å². The molecule has 3 heteroatoms. The Hall–Kier alpha value is 0.140. The first-order chi connectivity index (χ1) is 7.15. The molecule has 0 aromatic heterocycles. The van der Waals surface area contributed by atoms with Crippen LogP contribution in [0.15, 0.2) is 21.1 Å². The number of unbranched alkanes of at least 4 members (excludes halogenated alkanes) is 1. The molecule has 1 N–H and O–H groups in total. The van der Waals surface area contributed by atoms with E-state index in [0.717, 1.165) is 22.0 Å². The van der Waals surface area contributed by atoms with Gasteiger partial charge in [0.05, 0.1) is 0 Å². The Bertz CT molecular complexity index is 324. The predicted molar refractivity (Wildman–Crippen MR) is 73.2 cm³/mol. The van der Waals surface area contributed by atoms with E-state index in [1.54, 1.807) is 0 Å². The normalized spacial score (nSPS) is 10.7. The number of nitrogens with one attached hydrogen (secondary N) is 1. The lowest BCUT2D eigenvalue weighted by Crippen LogP contribution is -2.15. The minimum Gasteiger partial charge on any atom is -0.313 e. The van der Waals surface area contributed by atoms with Gasteiger partial charge >= 0.3 is 0 Å². The molecule has 0 heterocycles. The number of benzene rings is 1. The summed E-state index contributed by atoms with van der Waals surface area (Å²) in [6.45, 7) is 6.42. The molecule has 1 aromatic rings. The third-order valence-electron chi connectivity index (χ3n) is 2.40. The smallest absolute Gasteiger partial charge is 0.0320 e. The molecule has 0 aliphatic carbocycles. The first-order valence-corrected chi connectivity index (χ1v) is 6.89. The number of halogens is 2. The van der Waals surface area contributed by atoms with Gasteiger partial charge < -0.3 is 5.32 Å². The highest BCUT2D eigenvalue weighted by Crippen LogP contribution is 2.26. The number of hydrogen-bond donors (Lipinski definition) is 1. The van der Waals surface area contributed by atoms with Crippen molar-refractivity contribution in [1.29, 1.82) is 0 Å². The summed E-state index contributed by atoms with van der Waals surface area (Å²) in [6.07, 6.45) is 2.49. The van der Waals surface area contributed by atoms with E-state index < -0.39 is 0 Å². The summed E-state index contributed by atoms with van der Waals surface area (Å²) in [6, 6.07) is 4.33. The van der Waals surface area contributed by atoms with Crippen molar-refractivity contribution in [1.82, 2.24) is 5.32 Å². The maximum Gasteiger partial charge on any atom is 0.0320 e. The van der Waals surface area contributed by atoms with Crippen molar-refractivity contribution < 1.29 is 0 Å². The van der Waals surface area contributed by atoms with E-state index in [-0.39, 0.29) is 0 Å². The van der Waals surface area contributed by atoms with E-state index in [4.69, 9.17) is 0 Å². The van der Waals surface area contributed by atoms with E-state index in [1.165, 1.54) is 24.0 Å². The summed E-state index contributed by atoms with van der Waals surface area (Å²) in [5.41, 5.74) is 2.69. The molecule has 0 aliphatic rings. The Morgan fingerprint density at radius 1 is 1.20 bits per heavy atom. The Morgan fingerprint density at radius 2 is 1.87 bits per heavy atom. The van der Waals surface area contributed by atoms with E-state index in [2.05, 4.69) is 63.2 Å². The fourth-order valence-corrected chi connectivity index (χ4v) is 2.25. The SMILES string of the molecule is CCCCNCc1cc(Br)c(Br)cc1C. The monoisotopic (exact) mass is 333 g/mol. The fraction of sp³-hybridized carbons (Fsp3) is 0.500. The zero-order chi connectivity index (χ0) is 11.3. The van der Waals surface area contributed by atoms with Crippen molar-refractivity contribution in [3.8, 4) is 0 Å². The van der Waals surface area contributed by atoms with Gasteiger partial charge in [0.1, 0.15) is 0 Å². The molecule has 1 rings (SSSR count). The van der Waals surface area contributed by atoms with Crippen molar-refractivity contribution in [2.75, 3.05) is 6.54 Å². The molecule has 0 amide bonds. The van der Waals surface area contributed by atoms with Crippen LogP contribution < -0.4 is 5.32 Å². The van der Waals surface area contributed by atoms with Gasteiger partial charge in [-0.25, -0.2) is 0 Å². The van der Waals surface area contributed by atoms with Crippen LogP contribution in [0.4, 0.5) is 0 Å². The topological polar surface area (TPSA) is 12.0 Å². The summed E-state index contributed by atoms with van der Waals surface area (Å²) in [5, 5.41) is 3.45. The van der Waals surface area contributed by atoms with Gasteiger partial charge in [-0.15, -0.1) is 0 Å². The van der Waals surface area contributed by atoms with Gasteiger partial charge in [0.15, 0.2) is 0 Å². The van der Waals surface area contributed by atoms with Gasteiger partial charge in [-0.1, -0.05) is 13.3 Å². The van der Waals surface area contributed by atoms with Gasteiger partial charge in [0, 0.05) is 15.5 Å². The molecule has 0 radical (unpaired) electrons. The molecule has 0 aliphatic heterocycles. The lowest BCUT2D eigenvalue weighted by Gasteiger charge is -2.09. The minimum absolute atomic E-state index is 0.956. The van der Waals surface area contributed by atoms with Crippen LogP contribution in [0.2, 0.25) is 0 Å². The maximum atomic E-state index is 3.53. The average Bonchev–Trinajstić information content (AvgIpc) is 2.20. The van der Waals surface area contributed by atoms with Gasteiger partial charge in [-0.05, 0) is 75.0 Å². The van der Waals surface area contributed by atoms with Crippen LogP contribution in [-0.4, -0.2) is 6.54 Å². The van der Waals surface area contributed by atoms with Crippen LogP contribution >= 0.6 is 31.9 Å². The number of rotatable bonds is 5. The van der Waals surface area contributed by atoms with Crippen LogP contribution in [0.25, 0.3) is 0 Å². The predicted octanol–water partition coefficient (Wildman–Crippen LogP) is 4.41. The largest absolute Gasteiger partial charge is 0.313 e. The highest BCUT2D eigenvalue weighted by Gasteiger charge is 2.02. The summed E-state index contributed by atoms with van der Waals surface area (Å²) in [4.78, 5) is 0. The average molecular weight is 335 g/mol. The zero-order valence-electron chi connectivity index (χ0n) is 9.24. The molecule has 0 atom stereocenters. The van der Waals surface area contributed by atoms with Crippen molar-refractivity contribution in [2.45, 2.75) is 33.2 Å². The van der Waals surface area contributed by atoms with Gasteiger partial charge in [0.25, 0.3) is 0 Å². The lowest BCUT2D eigenvalue weighted by atomic mass is 10.1. The quantitative estimate of drug-likeness (QED) is 0.786. The Balaban J connectivity index is 2.57. The van der Waals surface area contributed by atoms with Crippen LogP contribution in [0, 0.1) is 6.92 Å². The molecule has 1 aromatic carbocycles. The van der Waals surface area contributed by atoms with Crippen LogP contribution in [0.1, 0.15) is 30.9 Å². The summed E-state index contributed by atoms with van der Waals surface area (Å²) < 4.78 is 2.25. The Morgan fingerprint density at radius 3 is 2.53 bits per heavy atom. The van der Waals surface area contributed by atoms with Gasteiger partial charge in [0.2, 0.25) is 0 Å². The van der Waals surface area contributed by atoms with E-state index in [0.29, 0.717) is 0 Å². The first-order valence-electron chi connectivity index (χ1n) is 5.30. The minimum atomic E-state index is 0.956. The highest BCUT2D eigenvalue weighted by molar-refractivity contribution is 9.13. The molecular weight excluding hydrogens is 318 g/mol. The Kier molecular flexibility index (Phi) is 5.87. The summed E-state index contributed by atoms with van der Waals surface area (Å²) in [5.74, 6) is 0. The molecule has 15 heavy (non-hydrogen) atoms. The molecule has 0 unspecified atom stereocenters. The fourth-order valence-electron chi connectivity index (χ4n) is 1.40. The molecule has 84 valence electrons. The molecule has 1 nitrogen and oxygen atoms in total. The van der Waals surface area contributed by atoms with Crippen molar-refractivity contribution in [3.63, 3.8) is 0 Å². The van der Waals surface area contributed by atoms with Crippen molar-refractivity contribution in [2.24, 2.45) is 0 Å². The highest BCUT2D eigenvalue weighted by atomic mass is 79.9. The third kappa shape index (κ3) is 4.25. The zero-order valence-corrected chi connectivity index (χ0v) is 12.4. The molecule has 0 saturated carbocycles. The molecule has 0 spiro atoms. The summed E-state index contributed by atoms with van der Waals surface area (Å²) >= 11 is 7.03. The Labute approximate surface area is 109 Å². The van der Waals surface area contributed by atoms with E-state index >= 15 is 0 Å². The lowest BCUT2D eigenvalue weighted by molar-refractivity contribution is 0.639. The van der Waals surface area contributed by atoms with Crippen LogP contribution in [-0.2, 0) is 6.54 Å². The van der Waals surface area contributed by atoms with Crippen molar-refractivity contribution >= 4 is 31.9 Å². The second kappa shape index (κ2) is 6.66. The van der Waals surface area contributed by atoms with Crippen LogP contribution in [0.3, 0.4) is 0 Å². The maximum absolute atomic E-state index is 3.53.